The zero-order chi connectivity index (χ0) is 28.8. The molecule has 1 saturated heterocycles. The van der Waals surface area contributed by atoms with Crippen molar-refractivity contribution in [1.29, 1.82) is 0 Å². The Kier molecular flexibility index (Phi) is 7.54. The lowest BCUT2D eigenvalue weighted by molar-refractivity contribution is -0.143. The average molecular weight is 604 g/mol. The molecule has 5 rings (SSSR count). The first-order chi connectivity index (χ1) is 18.8. The number of nitrogens with one attached hydrogen (secondary N) is 1. The van der Waals surface area contributed by atoms with Crippen LogP contribution in [0.2, 0.25) is 0 Å². The molecule has 2 aromatic carbocycles. The summed E-state index contributed by atoms with van der Waals surface area (Å²) in [5.74, 6) is -0.445. The number of fused-ring (bicyclic) bond motifs is 1. The molecule has 15 heteroatoms. The molecule has 2 aliphatic rings. The zero-order valence-electron chi connectivity index (χ0n) is 20.3. The highest BCUT2D eigenvalue weighted by atomic mass is 35.5. The lowest BCUT2D eigenvalue weighted by Crippen LogP contribution is -2.52. The fourth-order valence-electron chi connectivity index (χ4n) is 4.56. The third-order valence-electron chi connectivity index (χ3n) is 6.54. The Morgan fingerprint density at radius 2 is 1.85 bits per heavy atom. The second-order valence-corrected chi connectivity index (χ2v) is 10.5. The standard InChI is InChI=1S/C25H20ClF6N5O2S/c26-21-17-7-12(2-4-19(17)35-36-21)16(8-13-1-3-14(24(27,28)29)9-18(13)25(30,31)32)20-22(39)34-23(40-20)37-6-5-33-15(10-37)11-38/h1-4,7,9,15,33,38-39H,5-6,8,10-11H2/b16-12-/t15-/m1/s1. The van der Waals surface area contributed by atoms with Crippen LogP contribution in [0.3, 0.4) is 0 Å². The van der Waals surface area contributed by atoms with Crippen molar-refractivity contribution in [1.82, 2.24) is 10.3 Å². The number of alkyl halides is 6. The van der Waals surface area contributed by atoms with Crippen LogP contribution in [0.25, 0.3) is 5.57 Å². The molecule has 212 valence electrons. The Hall–Kier alpha value is -3.20. The molecule has 3 aromatic rings. The maximum Gasteiger partial charge on any atom is 0.416 e. The van der Waals surface area contributed by atoms with Crippen molar-refractivity contribution in [3.8, 4) is 5.88 Å². The number of rotatable bonds is 5. The molecule has 40 heavy (non-hydrogen) atoms. The molecule has 7 nitrogen and oxygen atoms in total. The monoisotopic (exact) mass is 603 g/mol. The van der Waals surface area contributed by atoms with Crippen molar-refractivity contribution < 1.29 is 36.6 Å². The molecule has 0 spiro atoms. The maximum absolute atomic E-state index is 14.0. The van der Waals surface area contributed by atoms with Crippen molar-refractivity contribution in [2.75, 3.05) is 31.1 Å². The van der Waals surface area contributed by atoms with E-state index in [1.807, 2.05) is 4.90 Å². The molecule has 2 aliphatic heterocycles. The van der Waals surface area contributed by atoms with Crippen LogP contribution in [-0.4, -0.2) is 52.7 Å². The van der Waals surface area contributed by atoms with Gasteiger partial charge in [-0.15, -0.1) is 10.2 Å². The minimum absolute atomic E-state index is 0.0618. The number of aliphatic hydroxyl groups is 1. The molecule has 0 saturated carbocycles. The van der Waals surface area contributed by atoms with Gasteiger partial charge in [0.15, 0.2) is 10.3 Å². The van der Waals surface area contributed by atoms with E-state index in [0.717, 1.165) is 17.4 Å². The second kappa shape index (κ2) is 10.7. The van der Waals surface area contributed by atoms with E-state index in [1.54, 1.807) is 18.2 Å². The minimum atomic E-state index is -5.07. The fourth-order valence-corrected chi connectivity index (χ4v) is 5.81. The summed E-state index contributed by atoms with van der Waals surface area (Å²) in [5.41, 5.74) is -2.67. The Labute approximate surface area is 231 Å². The smallest absolute Gasteiger partial charge is 0.416 e. The summed E-state index contributed by atoms with van der Waals surface area (Å²) in [7, 11) is 0. The Bertz CT molecular complexity index is 1600. The van der Waals surface area contributed by atoms with Gasteiger partial charge in [0.05, 0.1) is 28.0 Å². The number of aromatic nitrogens is 1. The van der Waals surface area contributed by atoms with Gasteiger partial charge in [-0.25, -0.2) is 0 Å². The fraction of sp³-hybridized carbons (Fsp3) is 0.320. The summed E-state index contributed by atoms with van der Waals surface area (Å²) in [5, 5.41) is 32.5. The van der Waals surface area contributed by atoms with E-state index in [2.05, 4.69) is 20.5 Å². The first kappa shape index (κ1) is 28.3. The summed E-state index contributed by atoms with van der Waals surface area (Å²) in [6, 6.07) is 5.91. The van der Waals surface area contributed by atoms with Crippen molar-refractivity contribution in [2.24, 2.45) is 10.2 Å². The van der Waals surface area contributed by atoms with Gasteiger partial charge in [-0.1, -0.05) is 35.1 Å². The molecular weight excluding hydrogens is 584 g/mol. The summed E-state index contributed by atoms with van der Waals surface area (Å²) in [4.78, 5) is 6.20. The first-order valence-electron chi connectivity index (χ1n) is 11.9. The van der Waals surface area contributed by atoms with E-state index in [-0.39, 0.29) is 34.3 Å². The number of nitrogens with zero attached hydrogens (tertiary/aromatic N) is 4. The summed E-state index contributed by atoms with van der Waals surface area (Å²) in [6.45, 7) is 1.28. The van der Waals surface area contributed by atoms with Crippen LogP contribution in [-0.2, 0) is 18.8 Å². The Morgan fingerprint density at radius 3 is 2.55 bits per heavy atom. The van der Waals surface area contributed by atoms with E-state index >= 15 is 0 Å². The molecule has 3 N–H and O–H groups in total. The van der Waals surface area contributed by atoms with Crippen LogP contribution in [0.1, 0.15) is 27.1 Å². The summed E-state index contributed by atoms with van der Waals surface area (Å²) >= 11 is 7.16. The highest BCUT2D eigenvalue weighted by molar-refractivity contribution is 7.17. The third kappa shape index (κ3) is 5.66. The van der Waals surface area contributed by atoms with Crippen molar-refractivity contribution in [2.45, 2.75) is 24.8 Å². The van der Waals surface area contributed by atoms with E-state index in [1.165, 1.54) is 0 Å². The van der Waals surface area contributed by atoms with E-state index < -0.39 is 41.3 Å². The molecule has 0 aliphatic carbocycles. The zero-order valence-corrected chi connectivity index (χ0v) is 21.9. The van der Waals surface area contributed by atoms with Gasteiger partial charge >= 0.3 is 12.4 Å². The van der Waals surface area contributed by atoms with Gasteiger partial charge < -0.3 is 20.4 Å². The Balaban J connectivity index is 1.67. The SMILES string of the molecule is OC[C@H]1CN(c2nc(O)c(/C(Cc3ccc(C(F)(F)F)cc3C(F)(F)F)=c3/ccc4c(c3)C(Cl)=NN=4)s2)CCN1. The van der Waals surface area contributed by atoms with Crippen molar-refractivity contribution >= 4 is 38.8 Å². The number of aliphatic hydroxyl groups excluding tert-OH is 1. The van der Waals surface area contributed by atoms with Crippen LogP contribution in [0.4, 0.5) is 31.5 Å². The topological polar surface area (TPSA) is 93.3 Å². The van der Waals surface area contributed by atoms with Gasteiger partial charge in [0.25, 0.3) is 0 Å². The third-order valence-corrected chi connectivity index (χ3v) is 7.99. The van der Waals surface area contributed by atoms with E-state index in [0.29, 0.717) is 47.0 Å². The van der Waals surface area contributed by atoms with Gasteiger partial charge in [-0.2, -0.15) is 31.3 Å². The second-order valence-electron chi connectivity index (χ2n) is 9.17. The van der Waals surface area contributed by atoms with Gasteiger partial charge in [-0.3, -0.25) is 0 Å². The molecular formula is C25H20ClF6N5O2S. The van der Waals surface area contributed by atoms with Gasteiger partial charge in [0, 0.05) is 37.7 Å². The van der Waals surface area contributed by atoms with Crippen molar-refractivity contribution in [3.05, 3.63) is 74.1 Å². The number of halogens is 7. The number of hydrogen-bond acceptors (Lipinski definition) is 8. The van der Waals surface area contributed by atoms with Crippen LogP contribution in [0.15, 0.2) is 46.6 Å². The Morgan fingerprint density at radius 1 is 1.07 bits per heavy atom. The molecule has 1 atom stereocenters. The number of thiazole rings is 1. The maximum atomic E-state index is 14.0. The molecule has 0 bridgehead atoms. The van der Waals surface area contributed by atoms with Crippen LogP contribution < -0.4 is 20.8 Å². The van der Waals surface area contributed by atoms with Gasteiger partial charge in [0.2, 0.25) is 5.88 Å². The van der Waals surface area contributed by atoms with E-state index in [4.69, 9.17) is 11.6 Å². The van der Waals surface area contributed by atoms with Crippen LogP contribution in [0, 0.1) is 0 Å². The molecule has 1 fully saturated rings. The molecule has 0 radical (unpaired) electrons. The molecule has 3 heterocycles. The quantitative estimate of drug-likeness (QED) is 0.388. The predicted octanol–water partition coefficient (Wildman–Crippen LogP) is 3.63. The predicted molar refractivity (Wildman–Crippen MR) is 137 cm³/mol. The van der Waals surface area contributed by atoms with Crippen LogP contribution >= 0.6 is 22.9 Å². The lowest BCUT2D eigenvalue weighted by Gasteiger charge is -2.32. The minimum Gasteiger partial charge on any atom is -0.492 e. The largest absolute Gasteiger partial charge is 0.492 e. The highest BCUT2D eigenvalue weighted by Crippen LogP contribution is 2.41. The summed E-state index contributed by atoms with van der Waals surface area (Å²) < 4.78 is 81.7. The normalized spacial score (nSPS) is 18.4. The first-order valence-corrected chi connectivity index (χ1v) is 13.1. The molecule has 1 aromatic heterocycles. The molecule has 0 amide bonds. The van der Waals surface area contributed by atoms with Gasteiger partial charge in [-0.05, 0) is 40.6 Å². The molecule has 0 unspecified atom stereocenters. The van der Waals surface area contributed by atoms with Crippen molar-refractivity contribution in [3.63, 3.8) is 0 Å². The summed E-state index contributed by atoms with van der Waals surface area (Å²) in [6.07, 6.45) is -10.5. The average Bonchev–Trinajstić information content (AvgIpc) is 3.48. The van der Waals surface area contributed by atoms with E-state index in [9.17, 15) is 36.6 Å². The number of benzene rings is 2. The number of hydrogen-bond donors (Lipinski definition) is 3. The highest BCUT2D eigenvalue weighted by Gasteiger charge is 2.38. The number of aromatic hydroxyl groups is 1. The van der Waals surface area contributed by atoms with Gasteiger partial charge in [0.1, 0.15) is 0 Å². The number of anilines is 1. The lowest BCUT2D eigenvalue weighted by atomic mass is 9.94. The van der Waals surface area contributed by atoms with Crippen LogP contribution in [0.5, 0.6) is 5.88 Å². The number of piperazine rings is 1.